The molecular weight excluding hydrogens is 629 g/mol. The van der Waals surface area contributed by atoms with Gasteiger partial charge in [-0.2, -0.15) is 0 Å². The fourth-order valence-electron chi connectivity index (χ4n) is 7.24. The molecule has 8 rings (SSSR count). The first-order valence-corrected chi connectivity index (χ1v) is 18.3. The van der Waals surface area contributed by atoms with Crippen molar-refractivity contribution in [2.24, 2.45) is 0 Å². The van der Waals surface area contributed by atoms with Crippen LogP contribution in [-0.2, 0) is 5.41 Å². The van der Waals surface area contributed by atoms with Crippen molar-refractivity contribution in [3.05, 3.63) is 198 Å². The highest BCUT2D eigenvalue weighted by Crippen LogP contribution is 2.42. The third kappa shape index (κ3) is 6.81. The van der Waals surface area contributed by atoms with Crippen molar-refractivity contribution in [3.63, 3.8) is 0 Å². The second kappa shape index (κ2) is 14.2. The molecule has 1 aliphatic carbocycles. The number of hydrogen-bond donors (Lipinski definition) is 0. The fraction of sp³-hybridized carbons (Fsp3) is 0.120. The summed E-state index contributed by atoms with van der Waals surface area (Å²) in [5, 5.41) is 4.90. The lowest BCUT2D eigenvalue weighted by molar-refractivity contribution is 0.590. The minimum Gasteiger partial charge on any atom is -0.314 e. The van der Waals surface area contributed by atoms with Gasteiger partial charge >= 0.3 is 0 Å². The van der Waals surface area contributed by atoms with Gasteiger partial charge in [-0.15, -0.1) is 0 Å². The Bertz CT molecular complexity index is 2330. The third-order valence-corrected chi connectivity index (χ3v) is 10.1. The molecule has 0 saturated heterocycles. The summed E-state index contributed by atoms with van der Waals surface area (Å²) in [7, 11) is 0. The Morgan fingerprint density at radius 2 is 0.942 bits per heavy atom. The highest BCUT2D eigenvalue weighted by Gasteiger charge is 2.19. The summed E-state index contributed by atoms with van der Waals surface area (Å²) in [6, 6.07) is 57.3. The lowest BCUT2D eigenvalue weighted by Gasteiger charge is -2.30. The second-order valence-electron chi connectivity index (χ2n) is 14.6. The van der Waals surface area contributed by atoms with Gasteiger partial charge in [0, 0.05) is 33.5 Å². The van der Waals surface area contributed by atoms with Gasteiger partial charge in [-0.1, -0.05) is 154 Å². The number of fused-ring (bicyclic) bond motifs is 2. The van der Waals surface area contributed by atoms with Crippen LogP contribution < -0.4 is 9.80 Å². The summed E-state index contributed by atoms with van der Waals surface area (Å²) in [5.74, 6) is 0. The molecule has 0 atom stereocenters. The molecule has 0 unspecified atom stereocenters. The van der Waals surface area contributed by atoms with Crippen LogP contribution in [0.5, 0.6) is 0 Å². The third-order valence-electron chi connectivity index (χ3n) is 10.1. The fourth-order valence-corrected chi connectivity index (χ4v) is 7.24. The number of anilines is 5. The largest absolute Gasteiger partial charge is 0.314 e. The van der Waals surface area contributed by atoms with E-state index in [2.05, 4.69) is 219 Å². The number of rotatable bonds is 8. The van der Waals surface area contributed by atoms with Gasteiger partial charge in [-0.3, -0.25) is 0 Å². The van der Waals surface area contributed by atoms with E-state index in [1.165, 1.54) is 49.7 Å². The van der Waals surface area contributed by atoms with Crippen molar-refractivity contribution in [1.82, 2.24) is 0 Å². The van der Waals surface area contributed by atoms with Crippen LogP contribution in [0, 0.1) is 0 Å². The minimum absolute atomic E-state index is 0.122. The van der Waals surface area contributed by atoms with Crippen LogP contribution in [0.3, 0.4) is 0 Å². The van der Waals surface area contributed by atoms with Crippen molar-refractivity contribution >= 4 is 62.1 Å². The maximum absolute atomic E-state index is 2.40. The van der Waals surface area contributed by atoms with Gasteiger partial charge in [-0.25, -0.2) is 0 Å². The van der Waals surface area contributed by atoms with Gasteiger partial charge in [-0.05, 0) is 100 Å². The highest BCUT2D eigenvalue weighted by atomic mass is 15.2. The first kappa shape index (κ1) is 33.0. The van der Waals surface area contributed by atoms with E-state index in [0.717, 1.165) is 35.5 Å². The SMILES string of the molecule is CC(C)(C)c1ccc(N(C2=CC=CCC2)c2ccc(/C=C/c3ccc(N(c4cccc5ccccc45)c4cccc5ccccc45)cc3)cc2)cc1. The molecule has 1 aliphatic rings. The predicted molar refractivity (Wildman–Crippen MR) is 225 cm³/mol. The molecular formula is C50H44N2. The van der Waals surface area contributed by atoms with E-state index in [1.54, 1.807) is 0 Å². The normalized spacial score (nSPS) is 13.1. The molecule has 0 spiro atoms. The Balaban J connectivity index is 1.08. The summed E-state index contributed by atoms with van der Waals surface area (Å²) >= 11 is 0. The molecule has 2 nitrogen and oxygen atoms in total. The van der Waals surface area contributed by atoms with Crippen molar-refractivity contribution in [3.8, 4) is 0 Å². The quantitative estimate of drug-likeness (QED) is 0.148. The highest BCUT2D eigenvalue weighted by molar-refractivity contribution is 6.04. The van der Waals surface area contributed by atoms with Crippen molar-refractivity contribution < 1.29 is 0 Å². The first-order chi connectivity index (χ1) is 25.4. The van der Waals surface area contributed by atoms with E-state index < -0.39 is 0 Å². The second-order valence-corrected chi connectivity index (χ2v) is 14.6. The van der Waals surface area contributed by atoms with Crippen molar-refractivity contribution in [2.75, 3.05) is 9.80 Å². The molecule has 0 saturated carbocycles. The van der Waals surface area contributed by atoms with Crippen LogP contribution in [0.15, 0.2) is 182 Å². The van der Waals surface area contributed by atoms with E-state index in [1.807, 2.05) is 0 Å². The Morgan fingerprint density at radius 1 is 0.481 bits per heavy atom. The van der Waals surface area contributed by atoms with Crippen LogP contribution in [0.4, 0.5) is 28.4 Å². The number of nitrogens with zero attached hydrogens (tertiary/aromatic N) is 2. The lowest BCUT2D eigenvalue weighted by Crippen LogP contribution is -2.18. The van der Waals surface area contributed by atoms with Gasteiger partial charge in [0.25, 0.3) is 0 Å². The molecule has 0 aromatic heterocycles. The molecule has 0 radical (unpaired) electrons. The van der Waals surface area contributed by atoms with Gasteiger partial charge in [0.05, 0.1) is 11.4 Å². The first-order valence-electron chi connectivity index (χ1n) is 18.3. The van der Waals surface area contributed by atoms with Crippen LogP contribution in [-0.4, -0.2) is 0 Å². The van der Waals surface area contributed by atoms with Crippen LogP contribution in [0.1, 0.15) is 50.3 Å². The van der Waals surface area contributed by atoms with E-state index >= 15 is 0 Å². The Kier molecular flexibility index (Phi) is 9.05. The number of hydrogen-bond acceptors (Lipinski definition) is 2. The molecule has 52 heavy (non-hydrogen) atoms. The zero-order valence-corrected chi connectivity index (χ0v) is 30.2. The Morgan fingerprint density at radius 3 is 1.42 bits per heavy atom. The number of allylic oxidation sites excluding steroid dienone is 4. The summed E-state index contributed by atoms with van der Waals surface area (Å²) in [4.78, 5) is 4.80. The average Bonchev–Trinajstić information content (AvgIpc) is 3.19. The molecule has 0 bridgehead atoms. The summed E-state index contributed by atoms with van der Waals surface area (Å²) in [5.41, 5.74) is 10.9. The van der Waals surface area contributed by atoms with E-state index in [4.69, 9.17) is 0 Å². The Hall–Kier alpha value is -6.12. The van der Waals surface area contributed by atoms with E-state index in [0.29, 0.717) is 0 Å². The summed E-state index contributed by atoms with van der Waals surface area (Å²) in [6.45, 7) is 6.80. The molecule has 0 aliphatic heterocycles. The Labute approximate surface area is 308 Å². The summed E-state index contributed by atoms with van der Waals surface area (Å²) in [6.07, 6.45) is 13.2. The van der Waals surface area contributed by atoms with Gasteiger partial charge < -0.3 is 9.80 Å². The molecule has 0 heterocycles. The van der Waals surface area contributed by atoms with Crippen LogP contribution >= 0.6 is 0 Å². The zero-order chi connectivity index (χ0) is 35.5. The van der Waals surface area contributed by atoms with Gasteiger partial charge in [0.1, 0.15) is 0 Å². The lowest BCUT2D eigenvalue weighted by atomic mass is 9.87. The molecule has 254 valence electrons. The van der Waals surface area contributed by atoms with E-state index in [-0.39, 0.29) is 5.41 Å². The monoisotopic (exact) mass is 672 g/mol. The molecule has 0 fully saturated rings. The average molecular weight is 673 g/mol. The smallest absolute Gasteiger partial charge is 0.0540 e. The van der Waals surface area contributed by atoms with Gasteiger partial charge in [0.15, 0.2) is 0 Å². The van der Waals surface area contributed by atoms with Crippen LogP contribution in [0.2, 0.25) is 0 Å². The topological polar surface area (TPSA) is 6.48 Å². The van der Waals surface area contributed by atoms with E-state index in [9.17, 15) is 0 Å². The summed E-state index contributed by atoms with van der Waals surface area (Å²) < 4.78 is 0. The van der Waals surface area contributed by atoms with Crippen LogP contribution in [0.25, 0.3) is 33.7 Å². The molecule has 0 amide bonds. The van der Waals surface area contributed by atoms with Crippen molar-refractivity contribution in [1.29, 1.82) is 0 Å². The zero-order valence-electron chi connectivity index (χ0n) is 30.2. The minimum atomic E-state index is 0.122. The van der Waals surface area contributed by atoms with Crippen molar-refractivity contribution in [2.45, 2.75) is 39.0 Å². The molecule has 7 aromatic carbocycles. The molecule has 7 aromatic rings. The number of benzene rings is 7. The van der Waals surface area contributed by atoms with Gasteiger partial charge in [0.2, 0.25) is 0 Å². The maximum Gasteiger partial charge on any atom is 0.0540 e. The standard InChI is InChI=1S/C50H44N2/c1-50(2,3)41-29-35-44(36-30-41)51(42-17-5-4-6-18-42)43-31-25-37(26-32-43)23-24-38-27-33-45(34-28-38)52(48-21-11-15-39-13-7-9-19-46(39)48)49-22-12-16-40-14-8-10-20-47(40)49/h4-5,7-17,19-36H,6,18H2,1-3H3/b24-23+. The predicted octanol–water partition coefficient (Wildman–Crippen LogP) is 14.3. The molecule has 2 heteroatoms. The maximum atomic E-state index is 2.40. The molecule has 0 N–H and O–H groups in total.